The maximum absolute atomic E-state index is 12.0. The van der Waals surface area contributed by atoms with Gasteiger partial charge in [-0.25, -0.2) is 0 Å². The zero-order valence-corrected chi connectivity index (χ0v) is 9.14. The molecular formula is C12H13N2O2. The Kier molecular flexibility index (Phi) is 2.90. The summed E-state index contributed by atoms with van der Waals surface area (Å²) in [7, 11) is 1.75. The van der Waals surface area contributed by atoms with E-state index in [0.29, 0.717) is 18.7 Å². The standard InChI is InChI=1S/C12H13N2O2/c1-13-7-8-14(9-11(13)15)12(16)10-5-3-2-4-6-10/h3-6H,7-9H2,1H3. The van der Waals surface area contributed by atoms with Crippen LogP contribution in [-0.4, -0.2) is 48.3 Å². The molecule has 0 N–H and O–H groups in total. The molecule has 83 valence electrons. The van der Waals surface area contributed by atoms with Crippen molar-refractivity contribution in [2.45, 2.75) is 0 Å². The number of amides is 2. The summed E-state index contributed by atoms with van der Waals surface area (Å²) in [5.41, 5.74) is 0.608. The fraction of sp³-hybridized carbons (Fsp3) is 0.333. The van der Waals surface area contributed by atoms with Crippen LogP contribution in [-0.2, 0) is 4.79 Å². The molecule has 1 radical (unpaired) electrons. The number of hydrogen-bond donors (Lipinski definition) is 0. The Labute approximate surface area is 94.5 Å². The molecule has 1 aliphatic rings. The first kappa shape index (κ1) is 10.7. The van der Waals surface area contributed by atoms with Gasteiger partial charge in [-0.3, -0.25) is 9.59 Å². The van der Waals surface area contributed by atoms with E-state index in [1.807, 2.05) is 0 Å². The van der Waals surface area contributed by atoms with Crippen LogP contribution in [0.5, 0.6) is 0 Å². The Morgan fingerprint density at radius 2 is 2.00 bits per heavy atom. The minimum absolute atomic E-state index is 0.0120. The molecule has 0 atom stereocenters. The first-order chi connectivity index (χ1) is 7.68. The third kappa shape index (κ3) is 2.05. The van der Waals surface area contributed by atoms with E-state index in [2.05, 4.69) is 6.07 Å². The number of carbonyl (C=O) groups is 2. The number of hydrogen-bond acceptors (Lipinski definition) is 2. The van der Waals surface area contributed by atoms with E-state index in [1.165, 1.54) is 0 Å². The van der Waals surface area contributed by atoms with Gasteiger partial charge in [0.15, 0.2) is 0 Å². The van der Waals surface area contributed by atoms with Crippen molar-refractivity contribution >= 4 is 11.8 Å². The van der Waals surface area contributed by atoms with Gasteiger partial charge in [-0.2, -0.15) is 0 Å². The second-order valence-corrected chi connectivity index (χ2v) is 3.83. The Balaban J connectivity index is 2.09. The molecule has 0 bridgehead atoms. The summed E-state index contributed by atoms with van der Waals surface area (Å²) in [6.07, 6.45) is 0. The number of carbonyl (C=O) groups excluding carboxylic acids is 2. The van der Waals surface area contributed by atoms with Gasteiger partial charge < -0.3 is 9.80 Å². The van der Waals surface area contributed by atoms with E-state index >= 15 is 0 Å². The molecule has 2 rings (SSSR count). The van der Waals surface area contributed by atoms with E-state index in [0.717, 1.165) is 0 Å². The summed E-state index contributed by atoms with van der Waals surface area (Å²) in [5.74, 6) is -0.0995. The molecule has 0 aliphatic carbocycles. The predicted octanol–water partition coefficient (Wildman–Crippen LogP) is 0.401. The summed E-state index contributed by atoms with van der Waals surface area (Å²) in [6, 6.07) is 9.69. The lowest BCUT2D eigenvalue weighted by molar-refractivity contribution is -0.133. The van der Waals surface area contributed by atoms with Crippen molar-refractivity contribution in [1.82, 2.24) is 9.80 Å². The molecule has 1 fully saturated rings. The minimum atomic E-state index is -0.0875. The van der Waals surface area contributed by atoms with Crippen molar-refractivity contribution in [1.29, 1.82) is 0 Å². The third-order valence-electron chi connectivity index (χ3n) is 2.71. The second kappa shape index (κ2) is 4.35. The first-order valence-electron chi connectivity index (χ1n) is 5.18. The van der Waals surface area contributed by atoms with Crippen LogP contribution in [0.4, 0.5) is 0 Å². The van der Waals surface area contributed by atoms with Gasteiger partial charge in [-0.05, 0) is 18.2 Å². The van der Waals surface area contributed by atoms with Gasteiger partial charge in [-0.1, -0.05) is 12.1 Å². The van der Waals surface area contributed by atoms with Crippen LogP contribution in [0.25, 0.3) is 0 Å². The second-order valence-electron chi connectivity index (χ2n) is 3.83. The highest BCUT2D eigenvalue weighted by Crippen LogP contribution is 2.08. The van der Waals surface area contributed by atoms with Gasteiger partial charge in [0.05, 0.1) is 0 Å². The van der Waals surface area contributed by atoms with Crippen molar-refractivity contribution in [2.24, 2.45) is 0 Å². The average molecular weight is 217 g/mol. The highest BCUT2D eigenvalue weighted by atomic mass is 16.2. The van der Waals surface area contributed by atoms with Gasteiger partial charge >= 0.3 is 0 Å². The third-order valence-corrected chi connectivity index (χ3v) is 2.71. The molecule has 1 aliphatic heterocycles. The summed E-state index contributed by atoms with van der Waals surface area (Å²) < 4.78 is 0. The van der Waals surface area contributed by atoms with Crippen LogP contribution in [0.1, 0.15) is 10.4 Å². The molecule has 1 heterocycles. The Bertz CT molecular complexity index is 403. The average Bonchev–Trinajstić information content (AvgIpc) is 2.33. The zero-order valence-electron chi connectivity index (χ0n) is 9.14. The van der Waals surface area contributed by atoms with Crippen molar-refractivity contribution in [2.75, 3.05) is 26.7 Å². The molecule has 0 unspecified atom stereocenters. The SMILES string of the molecule is CN1CCN(C(=O)c2cc[c]cc2)CC1=O. The summed E-state index contributed by atoms with van der Waals surface area (Å²) in [4.78, 5) is 26.7. The van der Waals surface area contributed by atoms with E-state index in [4.69, 9.17) is 0 Å². The minimum Gasteiger partial charge on any atom is -0.342 e. The topological polar surface area (TPSA) is 40.6 Å². The van der Waals surface area contributed by atoms with Crippen molar-refractivity contribution in [3.05, 3.63) is 35.9 Å². The van der Waals surface area contributed by atoms with Crippen molar-refractivity contribution < 1.29 is 9.59 Å². The monoisotopic (exact) mass is 217 g/mol. The molecular weight excluding hydrogens is 204 g/mol. The van der Waals surface area contributed by atoms with Gasteiger partial charge in [0.25, 0.3) is 5.91 Å². The predicted molar refractivity (Wildman–Crippen MR) is 58.8 cm³/mol. The Morgan fingerprint density at radius 1 is 1.31 bits per heavy atom. The van der Waals surface area contributed by atoms with Crippen LogP contribution in [0.2, 0.25) is 0 Å². The lowest BCUT2D eigenvalue weighted by atomic mass is 10.2. The molecule has 1 aromatic rings. The molecule has 16 heavy (non-hydrogen) atoms. The van der Waals surface area contributed by atoms with E-state index in [-0.39, 0.29) is 18.4 Å². The van der Waals surface area contributed by atoms with Crippen LogP contribution in [0.3, 0.4) is 0 Å². The molecule has 0 aromatic heterocycles. The first-order valence-corrected chi connectivity index (χ1v) is 5.18. The quantitative estimate of drug-likeness (QED) is 0.683. The maximum atomic E-state index is 12.0. The number of nitrogens with zero attached hydrogens (tertiary/aromatic N) is 2. The molecule has 4 heteroatoms. The van der Waals surface area contributed by atoms with Gasteiger partial charge in [-0.15, -0.1) is 0 Å². The molecule has 0 spiro atoms. The van der Waals surface area contributed by atoms with Crippen LogP contribution in [0.15, 0.2) is 24.3 Å². The summed E-state index contributed by atoms with van der Waals surface area (Å²) >= 11 is 0. The lowest BCUT2D eigenvalue weighted by Crippen LogP contribution is -2.50. The molecule has 1 saturated heterocycles. The Morgan fingerprint density at radius 3 is 2.62 bits per heavy atom. The van der Waals surface area contributed by atoms with Crippen LogP contribution in [0, 0.1) is 6.07 Å². The molecule has 4 nitrogen and oxygen atoms in total. The molecule has 1 aromatic carbocycles. The number of piperazine rings is 1. The highest BCUT2D eigenvalue weighted by Gasteiger charge is 2.25. The fourth-order valence-electron chi connectivity index (χ4n) is 1.64. The normalized spacial score (nSPS) is 16.4. The van der Waals surface area contributed by atoms with Crippen LogP contribution < -0.4 is 0 Å². The largest absolute Gasteiger partial charge is 0.342 e. The lowest BCUT2D eigenvalue weighted by Gasteiger charge is -2.31. The smallest absolute Gasteiger partial charge is 0.254 e. The number of likely N-dealkylation sites (N-methyl/N-ethyl adjacent to an activating group) is 1. The maximum Gasteiger partial charge on any atom is 0.254 e. The van der Waals surface area contributed by atoms with Gasteiger partial charge in [0.1, 0.15) is 6.54 Å². The molecule has 0 saturated carbocycles. The molecule has 2 amide bonds. The van der Waals surface area contributed by atoms with E-state index in [9.17, 15) is 9.59 Å². The summed E-state index contributed by atoms with van der Waals surface area (Å²) in [5, 5.41) is 0. The van der Waals surface area contributed by atoms with Gasteiger partial charge in [0.2, 0.25) is 5.91 Å². The number of benzene rings is 1. The number of rotatable bonds is 1. The highest BCUT2D eigenvalue weighted by molar-refractivity contribution is 5.96. The van der Waals surface area contributed by atoms with Gasteiger partial charge in [0, 0.05) is 25.7 Å². The summed E-state index contributed by atoms with van der Waals surface area (Å²) in [6.45, 7) is 1.37. The zero-order chi connectivity index (χ0) is 11.5. The van der Waals surface area contributed by atoms with Crippen molar-refractivity contribution in [3.63, 3.8) is 0 Å². The fourth-order valence-corrected chi connectivity index (χ4v) is 1.64. The van der Waals surface area contributed by atoms with E-state index < -0.39 is 0 Å². The van der Waals surface area contributed by atoms with E-state index in [1.54, 1.807) is 41.1 Å². The van der Waals surface area contributed by atoms with Crippen molar-refractivity contribution in [3.8, 4) is 0 Å². The Hall–Kier alpha value is -1.84. The van der Waals surface area contributed by atoms with Crippen LogP contribution >= 0.6 is 0 Å².